The number of sulfonamides is 1. The second-order valence-corrected chi connectivity index (χ2v) is 7.86. The Balaban J connectivity index is 1.85. The minimum absolute atomic E-state index is 0.148. The number of benzene rings is 1. The Bertz CT molecular complexity index is 700. The van der Waals surface area contributed by atoms with Crippen LogP contribution < -0.4 is 0 Å². The maximum Gasteiger partial charge on any atom is 0.254 e. The third-order valence-corrected chi connectivity index (χ3v) is 6.30. The van der Waals surface area contributed by atoms with Crippen molar-refractivity contribution in [1.29, 1.82) is 0 Å². The topological polar surface area (TPSA) is 76.2 Å². The molecule has 1 aromatic rings. The Morgan fingerprint density at radius 3 is 2.54 bits per heavy atom. The number of amides is 1. The van der Waals surface area contributed by atoms with E-state index < -0.39 is 10.0 Å². The zero-order valence-corrected chi connectivity index (χ0v) is 14.5. The Hall–Kier alpha value is -1.48. The molecule has 2 saturated heterocycles. The molecular weight excluding hydrogens is 332 g/mol. The number of hydrogen-bond donors (Lipinski definition) is 0. The fourth-order valence-corrected chi connectivity index (χ4v) is 4.59. The Morgan fingerprint density at radius 2 is 1.83 bits per heavy atom. The lowest BCUT2D eigenvalue weighted by Crippen LogP contribution is -2.47. The van der Waals surface area contributed by atoms with E-state index in [0.29, 0.717) is 51.6 Å². The second kappa shape index (κ2) is 7.18. The molecule has 0 saturated carbocycles. The van der Waals surface area contributed by atoms with Gasteiger partial charge in [0.1, 0.15) is 0 Å². The SMILES string of the molecule is CC1COCCN1S(=O)(=O)c1cccc(C(=O)N2CCOCC2)c1. The van der Waals surface area contributed by atoms with Crippen molar-refractivity contribution < 1.29 is 22.7 Å². The molecule has 0 bridgehead atoms. The second-order valence-electron chi connectivity index (χ2n) is 5.97. The fourth-order valence-electron chi connectivity index (χ4n) is 2.94. The predicted molar refractivity (Wildman–Crippen MR) is 87.3 cm³/mol. The number of nitrogens with zero attached hydrogens (tertiary/aromatic N) is 2. The van der Waals surface area contributed by atoms with E-state index in [1.165, 1.54) is 16.4 Å². The summed E-state index contributed by atoms with van der Waals surface area (Å²) in [4.78, 5) is 14.4. The third kappa shape index (κ3) is 3.46. The number of ether oxygens (including phenoxy) is 2. The molecule has 0 aromatic heterocycles. The molecular formula is C16H22N2O5S. The molecule has 0 N–H and O–H groups in total. The van der Waals surface area contributed by atoms with Crippen LogP contribution in [0.3, 0.4) is 0 Å². The van der Waals surface area contributed by atoms with Crippen LogP contribution in [0.4, 0.5) is 0 Å². The minimum Gasteiger partial charge on any atom is -0.378 e. The van der Waals surface area contributed by atoms with Gasteiger partial charge < -0.3 is 14.4 Å². The summed E-state index contributed by atoms with van der Waals surface area (Å²) in [5.41, 5.74) is 0.388. The maximum atomic E-state index is 12.9. The van der Waals surface area contributed by atoms with Crippen molar-refractivity contribution in [3.05, 3.63) is 29.8 Å². The summed E-state index contributed by atoms with van der Waals surface area (Å²) in [6, 6.07) is 6.05. The molecule has 8 heteroatoms. The summed E-state index contributed by atoms with van der Waals surface area (Å²) in [5, 5.41) is 0. The smallest absolute Gasteiger partial charge is 0.254 e. The molecule has 0 radical (unpaired) electrons. The monoisotopic (exact) mass is 354 g/mol. The molecule has 7 nitrogen and oxygen atoms in total. The highest BCUT2D eigenvalue weighted by atomic mass is 32.2. The van der Waals surface area contributed by atoms with Gasteiger partial charge in [0.05, 0.1) is 31.3 Å². The predicted octanol–water partition coefficient (Wildman–Crippen LogP) is 0.568. The average Bonchev–Trinajstić information content (AvgIpc) is 2.62. The van der Waals surface area contributed by atoms with Crippen LogP contribution in [-0.2, 0) is 19.5 Å². The van der Waals surface area contributed by atoms with Gasteiger partial charge in [-0.1, -0.05) is 6.07 Å². The highest BCUT2D eigenvalue weighted by molar-refractivity contribution is 7.89. The van der Waals surface area contributed by atoms with Crippen LogP contribution in [0, 0.1) is 0 Å². The van der Waals surface area contributed by atoms with E-state index in [1.54, 1.807) is 17.0 Å². The first-order valence-electron chi connectivity index (χ1n) is 8.07. The zero-order chi connectivity index (χ0) is 17.2. The lowest BCUT2D eigenvalue weighted by Gasteiger charge is -2.32. The van der Waals surface area contributed by atoms with Crippen molar-refractivity contribution in [2.45, 2.75) is 17.9 Å². The standard InChI is InChI=1S/C16H22N2O5S/c1-13-12-23-10-7-18(13)24(20,21)15-4-2-3-14(11-15)16(19)17-5-8-22-9-6-17/h2-4,11,13H,5-10,12H2,1H3. The first kappa shape index (κ1) is 17.3. The maximum absolute atomic E-state index is 12.9. The van der Waals surface area contributed by atoms with E-state index >= 15 is 0 Å². The van der Waals surface area contributed by atoms with Gasteiger partial charge in [0, 0.05) is 31.2 Å². The van der Waals surface area contributed by atoms with Crippen LogP contribution >= 0.6 is 0 Å². The van der Waals surface area contributed by atoms with Gasteiger partial charge in [-0.25, -0.2) is 8.42 Å². The number of carbonyl (C=O) groups excluding carboxylic acids is 1. The summed E-state index contributed by atoms with van der Waals surface area (Å²) in [5.74, 6) is -0.162. The van der Waals surface area contributed by atoms with Gasteiger partial charge in [-0.15, -0.1) is 0 Å². The first-order chi connectivity index (χ1) is 11.5. The van der Waals surface area contributed by atoms with Crippen LogP contribution in [0.15, 0.2) is 29.2 Å². The zero-order valence-electron chi connectivity index (χ0n) is 13.7. The third-order valence-electron chi connectivity index (χ3n) is 4.29. The van der Waals surface area contributed by atoms with Crippen LogP contribution in [0.2, 0.25) is 0 Å². The molecule has 3 rings (SSSR count). The van der Waals surface area contributed by atoms with Gasteiger partial charge in [0.25, 0.3) is 5.91 Å². The normalized spacial score (nSPS) is 23.2. The Morgan fingerprint density at radius 1 is 1.12 bits per heavy atom. The summed E-state index contributed by atoms with van der Waals surface area (Å²) in [6.07, 6.45) is 0. The van der Waals surface area contributed by atoms with E-state index in [2.05, 4.69) is 0 Å². The van der Waals surface area contributed by atoms with E-state index in [9.17, 15) is 13.2 Å². The molecule has 24 heavy (non-hydrogen) atoms. The van der Waals surface area contributed by atoms with Gasteiger partial charge in [-0.2, -0.15) is 4.31 Å². The molecule has 2 aliphatic rings. The van der Waals surface area contributed by atoms with E-state index in [-0.39, 0.29) is 16.8 Å². The van der Waals surface area contributed by atoms with Crippen LogP contribution in [0.25, 0.3) is 0 Å². The van der Waals surface area contributed by atoms with Crippen LogP contribution in [0.1, 0.15) is 17.3 Å². The average molecular weight is 354 g/mol. The molecule has 1 amide bonds. The number of hydrogen-bond acceptors (Lipinski definition) is 5. The van der Waals surface area contributed by atoms with Crippen molar-refractivity contribution in [1.82, 2.24) is 9.21 Å². The summed E-state index contributed by atoms with van der Waals surface area (Å²) < 4.78 is 37.7. The highest BCUT2D eigenvalue weighted by Gasteiger charge is 2.32. The van der Waals surface area contributed by atoms with Crippen molar-refractivity contribution >= 4 is 15.9 Å². The fraction of sp³-hybridized carbons (Fsp3) is 0.562. The molecule has 2 heterocycles. The van der Waals surface area contributed by atoms with Crippen molar-refractivity contribution in [3.8, 4) is 0 Å². The molecule has 132 valence electrons. The molecule has 2 aliphatic heterocycles. The molecule has 2 fully saturated rings. The molecule has 1 unspecified atom stereocenters. The van der Waals surface area contributed by atoms with E-state index in [4.69, 9.17) is 9.47 Å². The summed E-state index contributed by atoms with van der Waals surface area (Å²) in [7, 11) is -3.64. The lowest BCUT2D eigenvalue weighted by molar-refractivity contribution is 0.0302. The molecule has 1 atom stereocenters. The van der Waals surface area contributed by atoms with Crippen LogP contribution in [-0.4, -0.2) is 75.6 Å². The van der Waals surface area contributed by atoms with E-state index in [0.717, 1.165) is 0 Å². The van der Waals surface area contributed by atoms with Gasteiger partial charge in [-0.05, 0) is 25.1 Å². The first-order valence-corrected chi connectivity index (χ1v) is 9.51. The van der Waals surface area contributed by atoms with Crippen molar-refractivity contribution in [3.63, 3.8) is 0 Å². The molecule has 1 aromatic carbocycles. The summed E-state index contributed by atoms with van der Waals surface area (Å²) >= 11 is 0. The van der Waals surface area contributed by atoms with Gasteiger partial charge in [0.15, 0.2) is 0 Å². The number of rotatable bonds is 3. The Labute approximate surface area is 142 Å². The molecule has 0 spiro atoms. The minimum atomic E-state index is -3.64. The Kier molecular flexibility index (Phi) is 5.19. The van der Waals surface area contributed by atoms with Gasteiger partial charge >= 0.3 is 0 Å². The highest BCUT2D eigenvalue weighted by Crippen LogP contribution is 2.22. The quantitative estimate of drug-likeness (QED) is 0.793. The lowest BCUT2D eigenvalue weighted by atomic mass is 10.2. The van der Waals surface area contributed by atoms with Crippen LogP contribution in [0.5, 0.6) is 0 Å². The summed E-state index contributed by atoms with van der Waals surface area (Å²) in [6.45, 7) is 4.98. The van der Waals surface area contributed by atoms with Gasteiger partial charge in [-0.3, -0.25) is 4.79 Å². The molecule has 0 aliphatic carbocycles. The van der Waals surface area contributed by atoms with E-state index in [1.807, 2.05) is 6.92 Å². The van der Waals surface area contributed by atoms with Crippen molar-refractivity contribution in [2.24, 2.45) is 0 Å². The van der Waals surface area contributed by atoms with Gasteiger partial charge in [0.2, 0.25) is 10.0 Å². The number of carbonyl (C=O) groups is 1. The largest absolute Gasteiger partial charge is 0.378 e. The van der Waals surface area contributed by atoms with Crippen molar-refractivity contribution in [2.75, 3.05) is 46.1 Å². The number of morpholine rings is 2.